The molecule has 0 heterocycles. The third-order valence-corrected chi connectivity index (χ3v) is 14.9. The van der Waals surface area contributed by atoms with Crippen LogP contribution >= 0.6 is 0 Å². The lowest BCUT2D eigenvalue weighted by Gasteiger charge is -2.45. The summed E-state index contributed by atoms with van der Waals surface area (Å²) in [4.78, 5) is 10.7. The Morgan fingerprint density at radius 1 is 1.12 bits per heavy atom. The van der Waals surface area contributed by atoms with Crippen molar-refractivity contribution < 1.29 is 14.3 Å². The molecule has 0 aromatic rings. The van der Waals surface area contributed by atoms with Crippen molar-refractivity contribution >= 4 is 16.6 Å². The van der Waals surface area contributed by atoms with Gasteiger partial charge in [0.2, 0.25) is 0 Å². The van der Waals surface area contributed by atoms with Gasteiger partial charge in [-0.1, -0.05) is 52.8 Å². The van der Waals surface area contributed by atoms with Crippen molar-refractivity contribution in [1.82, 2.24) is 0 Å². The van der Waals surface area contributed by atoms with E-state index in [1.54, 1.807) is 0 Å². The molecule has 0 amide bonds. The van der Waals surface area contributed by atoms with Gasteiger partial charge in [0.15, 0.2) is 16.6 Å². The maximum atomic E-state index is 10.7. The van der Waals surface area contributed by atoms with Gasteiger partial charge in [0, 0.05) is 0 Å². The molecule has 5 heteroatoms. The Morgan fingerprint density at radius 3 is 2.08 bits per heavy atom. The Kier molecular flexibility index (Phi) is 7.37. The Hall–Kier alpha value is -0.206. The molecule has 1 saturated carbocycles. The first-order valence-corrected chi connectivity index (χ1v) is 15.7. The van der Waals surface area contributed by atoms with Crippen LogP contribution in [0.1, 0.15) is 53.9 Å². The van der Waals surface area contributed by atoms with E-state index in [-0.39, 0.29) is 22.8 Å². The molecule has 3 nitrogen and oxygen atoms in total. The summed E-state index contributed by atoms with van der Waals surface area (Å²) in [7, 11) is -4.18. The lowest BCUT2D eigenvalue weighted by atomic mass is 9.76. The molecule has 2 atom stereocenters. The number of aliphatic hydroxyl groups is 1. The third-order valence-electron chi connectivity index (χ3n) is 6.93. The van der Waals surface area contributed by atoms with Gasteiger partial charge in [-0.05, 0) is 67.0 Å². The number of rotatable bonds is 6. The molecule has 26 heavy (non-hydrogen) atoms. The van der Waals surface area contributed by atoms with E-state index >= 15 is 0 Å². The topological polar surface area (TPSA) is 49.7 Å². The fraction of sp³-hybridized carbons (Fsp3) is 0.810. The molecule has 0 bridgehead atoms. The molecule has 1 fully saturated rings. The molecule has 152 valence electrons. The molecule has 0 spiro atoms. The van der Waals surface area contributed by atoms with Gasteiger partial charge in [-0.2, -0.15) is 0 Å². The van der Waals surface area contributed by atoms with E-state index in [1.165, 1.54) is 11.1 Å². The quantitative estimate of drug-likeness (QED) is 0.450. The zero-order chi connectivity index (χ0) is 20.6. The highest BCUT2D eigenvalue weighted by Gasteiger charge is 2.44. The Labute approximate surface area is 163 Å². The lowest BCUT2D eigenvalue weighted by molar-refractivity contribution is 0.180. The number of aliphatic hydroxyl groups excluding tert-OH is 1. The molecule has 1 rings (SSSR count). The second kappa shape index (κ2) is 8.04. The van der Waals surface area contributed by atoms with Crippen LogP contribution in [0.25, 0.3) is 0 Å². The van der Waals surface area contributed by atoms with Gasteiger partial charge in [0.1, 0.15) is 0 Å². The summed E-state index contributed by atoms with van der Waals surface area (Å²) >= 11 is 0. The third kappa shape index (κ3) is 5.65. The normalized spacial score (nSPS) is 25.0. The summed E-state index contributed by atoms with van der Waals surface area (Å²) in [5, 5.41) is 9.48. The highest BCUT2D eigenvalue weighted by atomic mass is 28.4. The van der Waals surface area contributed by atoms with E-state index in [0.29, 0.717) is 5.92 Å². The van der Waals surface area contributed by atoms with E-state index < -0.39 is 16.6 Å². The Bertz CT molecular complexity index is 494. The maximum absolute atomic E-state index is 10.7. The molecule has 1 aliphatic rings. The summed E-state index contributed by atoms with van der Waals surface area (Å²) in [6.07, 6.45) is 4.64. The Balaban J connectivity index is 3.10. The van der Waals surface area contributed by atoms with Crippen LogP contribution in [0.3, 0.4) is 0 Å². The fourth-order valence-electron chi connectivity index (χ4n) is 3.18. The predicted molar refractivity (Wildman–Crippen MR) is 117 cm³/mol. The molecule has 0 aromatic heterocycles. The van der Waals surface area contributed by atoms with Gasteiger partial charge >= 0.3 is 0 Å². The van der Waals surface area contributed by atoms with Gasteiger partial charge in [0.25, 0.3) is 0 Å². The van der Waals surface area contributed by atoms with Crippen molar-refractivity contribution in [1.29, 1.82) is 0 Å². The standard InChI is InChI=1S/C21H42O3Si2/c1-16-18(15-21(5,6)25(7,8)23)13-17(11-12-22)14-19(16)24-26(9,10)20(2,3)4/h11,18-19,22-23H,1,12-15H2,2-10H3/b17-11+/t18-,19+/m0/s1. The first-order valence-electron chi connectivity index (χ1n) is 9.89. The van der Waals surface area contributed by atoms with Crippen molar-refractivity contribution in [2.24, 2.45) is 5.92 Å². The first kappa shape index (κ1) is 23.8. The van der Waals surface area contributed by atoms with Crippen molar-refractivity contribution in [2.45, 2.75) is 96.2 Å². The summed E-state index contributed by atoms with van der Waals surface area (Å²) in [6, 6.07) is 0. The average Bonchev–Trinajstić information content (AvgIpc) is 2.41. The van der Waals surface area contributed by atoms with Crippen LogP contribution in [0.2, 0.25) is 36.3 Å². The summed E-state index contributed by atoms with van der Waals surface area (Å²) in [5.41, 5.74) is 2.44. The van der Waals surface area contributed by atoms with Gasteiger partial charge in [-0.25, -0.2) is 0 Å². The van der Waals surface area contributed by atoms with Crippen molar-refractivity contribution in [3.63, 3.8) is 0 Å². The summed E-state index contributed by atoms with van der Waals surface area (Å²) in [6.45, 7) is 24.3. The van der Waals surface area contributed by atoms with E-state index in [2.05, 4.69) is 54.3 Å². The molecule has 0 radical (unpaired) electrons. The minimum absolute atomic E-state index is 0.0201. The van der Waals surface area contributed by atoms with E-state index in [4.69, 9.17) is 4.43 Å². The van der Waals surface area contributed by atoms with Crippen LogP contribution in [0, 0.1) is 5.92 Å². The molecule has 0 unspecified atom stereocenters. The second-order valence-electron chi connectivity index (χ2n) is 10.7. The van der Waals surface area contributed by atoms with Gasteiger partial charge in [0.05, 0.1) is 12.7 Å². The largest absolute Gasteiger partial charge is 0.432 e. The van der Waals surface area contributed by atoms with E-state index in [9.17, 15) is 9.90 Å². The smallest absolute Gasteiger partial charge is 0.192 e. The summed E-state index contributed by atoms with van der Waals surface area (Å²) < 4.78 is 6.73. The average molecular weight is 399 g/mol. The first-order chi connectivity index (χ1) is 11.5. The molecule has 0 saturated heterocycles. The van der Waals surface area contributed by atoms with Crippen molar-refractivity contribution in [3.05, 3.63) is 23.8 Å². The van der Waals surface area contributed by atoms with Gasteiger partial charge in [-0.3, -0.25) is 0 Å². The van der Waals surface area contributed by atoms with Crippen LogP contribution in [-0.2, 0) is 4.43 Å². The molecule has 1 aliphatic carbocycles. The zero-order valence-corrected chi connectivity index (χ0v) is 20.6. The van der Waals surface area contributed by atoms with Crippen molar-refractivity contribution in [2.75, 3.05) is 6.61 Å². The van der Waals surface area contributed by atoms with Crippen LogP contribution in [0.4, 0.5) is 0 Å². The maximum Gasteiger partial charge on any atom is 0.192 e. The number of hydrogen-bond acceptors (Lipinski definition) is 3. The van der Waals surface area contributed by atoms with E-state index in [0.717, 1.165) is 19.3 Å². The van der Waals surface area contributed by atoms with Crippen LogP contribution in [0.15, 0.2) is 23.8 Å². The zero-order valence-electron chi connectivity index (χ0n) is 18.6. The predicted octanol–water partition coefficient (Wildman–Crippen LogP) is 5.63. The highest BCUT2D eigenvalue weighted by Crippen LogP contribution is 2.49. The van der Waals surface area contributed by atoms with Crippen LogP contribution in [0.5, 0.6) is 0 Å². The monoisotopic (exact) mass is 398 g/mol. The minimum Gasteiger partial charge on any atom is -0.432 e. The highest BCUT2D eigenvalue weighted by molar-refractivity contribution is 6.74. The molecule has 0 aliphatic heterocycles. The van der Waals surface area contributed by atoms with Gasteiger partial charge < -0.3 is 14.3 Å². The SMILES string of the molecule is C=C1[C@H](CC(C)(C)[Si](C)(C)O)C/C(=C\CO)C[C@H]1O[Si](C)(C)C(C)(C)C. The van der Waals surface area contributed by atoms with Gasteiger partial charge in [-0.15, -0.1) is 0 Å². The lowest BCUT2D eigenvalue weighted by Crippen LogP contribution is -2.46. The Morgan fingerprint density at radius 2 is 1.65 bits per heavy atom. The van der Waals surface area contributed by atoms with Crippen molar-refractivity contribution in [3.8, 4) is 0 Å². The molecule has 2 N–H and O–H groups in total. The minimum atomic E-state index is -2.28. The molecular formula is C21H42O3Si2. The fourth-order valence-corrected chi connectivity index (χ4v) is 5.22. The summed E-state index contributed by atoms with van der Waals surface area (Å²) in [5.74, 6) is 0.297. The molecular weight excluding hydrogens is 356 g/mol. The number of hydrogen-bond donors (Lipinski definition) is 2. The van der Waals surface area contributed by atoms with E-state index in [1.807, 2.05) is 19.2 Å². The van der Waals surface area contributed by atoms with Crippen LogP contribution < -0.4 is 0 Å². The van der Waals surface area contributed by atoms with Crippen LogP contribution in [-0.4, -0.2) is 39.2 Å². The second-order valence-corrected chi connectivity index (χ2v) is 20.0. The molecule has 0 aromatic carbocycles.